The Morgan fingerprint density at radius 1 is 0.971 bits per heavy atom. The molecular formula is C31H40N2O. The van der Waals surface area contributed by atoms with Gasteiger partial charge < -0.3 is 10.2 Å². The van der Waals surface area contributed by atoms with E-state index in [9.17, 15) is 4.79 Å². The highest BCUT2D eigenvalue weighted by molar-refractivity contribution is 5.96. The number of fused-ring (bicyclic) bond motifs is 1. The number of unbranched alkanes of at least 4 members (excludes halogenated alkanes) is 2. The van der Waals surface area contributed by atoms with Gasteiger partial charge in [0.15, 0.2) is 0 Å². The van der Waals surface area contributed by atoms with Gasteiger partial charge in [-0.3, -0.25) is 4.79 Å². The lowest BCUT2D eigenvalue weighted by Gasteiger charge is -2.29. The average Bonchev–Trinajstić information content (AvgIpc) is 2.87. The highest BCUT2D eigenvalue weighted by Crippen LogP contribution is 2.29. The van der Waals surface area contributed by atoms with Crippen LogP contribution in [0.4, 0.5) is 5.69 Å². The number of nitrogens with zero attached hydrogens (tertiary/aromatic N) is 1. The van der Waals surface area contributed by atoms with E-state index in [0.717, 1.165) is 44.2 Å². The summed E-state index contributed by atoms with van der Waals surface area (Å²) in [6, 6.07) is 23.2. The highest BCUT2D eigenvalue weighted by Gasteiger charge is 2.19. The maximum absolute atomic E-state index is 13.4. The van der Waals surface area contributed by atoms with Gasteiger partial charge in [0.05, 0.1) is 6.04 Å². The Morgan fingerprint density at radius 2 is 1.74 bits per heavy atom. The van der Waals surface area contributed by atoms with Crippen LogP contribution in [-0.4, -0.2) is 19.0 Å². The van der Waals surface area contributed by atoms with Crippen LogP contribution in [0.1, 0.15) is 80.8 Å². The molecule has 180 valence electrons. The van der Waals surface area contributed by atoms with Crippen molar-refractivity contribution in [1.29, 1.82) is 0 Å². The number of carbonyl (C=O) groups excluding carboxylic acids is 1. The van der Waals surface area contributed by atoms with Gasteiger partial charge in [-0.1, -0.05) is 94.1 Å². The zero-order valence-electron chi connectivity index (χ0n) is 21.1. The normalized spacial score (nSPS) is 12.8. The van der Waals surface area contributed by atoms with E-state index in [-0.39, 0.29) is 11.9 Å². The lowest BCUT2D eigenvalue weighted by atomic mass is 9.94. The third-order valence-electron chi connectivity index (χ3n) is 6.72. The lowest BCUT2D eigenvalue weighted by molar-refractivity contribution is 0.0934. The molecule has 1 unspecified atom stereocenters. The molecule has 3 heteroatoms. The number of rotatable bonds is 13. The molecular weight excluding hydrogens is 416 g/mol. The number of nitrogens with one attached hydrogen (secondary N) is 1. The quantitative estimate of drug-likeness (QED) is 0.208. The van der Waals surface area contributed by atoms with Gasteiger partial charge in [0.1, 0.15) is 0 Å². The van der Waals surface area contributed by atoms with Crippen molar-refractivity contribution in [3.8, 4) is 0 Å². The molecule has 0 radical (unpaired) electrons. The van der Waals surface area contributed by atoms with E-state index in [0.29, 0.717) is 11.6 Å². The largest absolute Gasteiger partial charge is 0.371 e. The second-order valence-corrected chi connectivity index (χ2v) is 9.22. The molecule has 2 atom stereocenters. The van der Waals surface area contributed by atoms with Crippen LogP contribution in [0.25, 0.3) is 10.8 Å². The van der Waals surface area contributed by atoms with Crippen LogP contribution in [0.5, 0.6) is 0 Å². The van der Waals surface area contributed by atoms with Gasteiger partial charge in [0.25, 0.3) is 5.91 Å². The number of benzene rings is 3. The maximum Gasteiger partial charge on any atom is 0.251 e. The third kappa shape index (κ3) is 6.50. The van der Waals surface area contributed by atoms with Gasteiger partial charge in [-0.15, -0.1) is 6.58 Å². The zero-order valence-corrected chi connectivity index (χ0v) is 21.1. The molecule has 3 rings (SSSR count). The second-order valence-electron chi connectivity index (χ2n) is 9.22. The van der Waals surface area contributed by atoms with Crippen LogP contribution in [-0.2, 0) is 0 Å². The third-order valence-corrected chi connectivity index (χ3v) is 6.72. The summed E-state index contributed by atoms with van der Waals surface area (Å²) in [5.41, 5.74) is 2.98. The summed E-state index contributed by atoms with van der Waals surface area (Å²) in [7, 11) is 2.12. The Bertz CT molecular complexity index is 1070. The Balaban J connectivity index is 1.85. The molecule has 34 heavy (non-hydrogen) atoms. The van der Waals surface area contributed by atoms with E-state index in [4.69, 9.17) is 0 Å². The summed E-state index contributed by atoms with van der Waals surface area (Å²) >= 11 is 0. The minimum absolute atomic E-state index is 0.0135. The summed E-state index contributed by atoms with van der Waals surface area (Å²) in [6.45, 7) is 8.35. The van der Waals surface area contributed by atoms with Crippen molar-refractivity contribution in [3.63, 3.8) is 0 Å². The molecule has 0 saturated carbocycles. The first-order valence-corrected chi connectivity index (χ1v) is 12.8. The molecule has 0 saturated heterocycles. The Kier molecular flexibility index (Phi) is 9.75. The van der Waals surface area contributed by atoms with Gasteiger partial charge in [0.2, 0.25) is 0 Å². The summed E-state index contributed by atoms with van der Waals surface area (Å²) in [6.07, 6.45) is 9.49. The smallest absolute Gasteiger partial charge is 0.251 e. The molecule has 0 spiro atoms. The molecule has 0 aliphatic heterocycles. The highest BCUT2D eigenvalue weighted by atomic mass is 16.1. The fourth-order valence-corrected chi connectivity index (χ4v) is 4.77. The lowest BCUT2D eigenvalue weighted by Crippen LogP contribution is -2.32. The summed E-state index contributed by atoms with van der Waals surface area (Å²) < 4.78 is 0. The first kappa shape index (κ1) is 25.6. The minimum atomic E-state index is -0.0138. The van der Waals surface area contributed by atoms with E-state index in [2.05, 4.69) is 86.2 Å². The topological polar surface area (TPSA) is 32.3 Å². The Morgan fingerprint density at radius 3 is 2.50 bits per heavy atom. The van der Waals surface area contributed by atoms with Crippen LogP contribution in [0.3, 0.4) is 0 Å². The van der Waals surface area contributed by atoms with Crippen molar-refractivity contribution in [2.75, 3.05) is 11.9 Å². The molecule has 1 amide bonds. The summed E-state index contributed by atoms with van der Waals surface area (Å²) in [4.78, 5) is 15.7. The molecule has 0 aromatic heterocycles. The van der Waals surface area contributed by atoms with E-state index in [1.54, 1.807) is 0 Å². The van der Waals surface area contributed by atoms with Gasteiger partial charge in [0, 0.05) is 24.3 Å². The Hall–Kier alpha value is -3.07. The fraction of sp³-hybridized carbons (Fsp3) is 0.387. The SMILES string of the molecule is C=CCC(CCC)N(C)c1cccc(C(=O)N[C@H](CCCCC)c2cccc3ccccc23)c1. The van der Waals surface area contributed by atoms with Crippen molar-refractivity contribution in [2.24, 2.45) is 0 Å². The molecule has 0 aliphatic carbocycles. The molecule has 0 aliphatic rings. The van der Waals surface area contributed by atoms with E-state index >= 15 is 0 Å². The number of hydrogen-bond acceptors (Lipinski definition) is 2. The van der Waals surface area contributed by atoms with Crippen LogP contribution in [0.15, 0.2) is 79.4 Å². The van der Waals surface area contributed by atoms with Crippen LogP contribution in [0.2, 0.25) is 0 Å². The molecule has 3 aromatic carbocycles. The van der Waals surface area contributed by atoms with Gasteiger partial charge in [-0.25, -0.2) is 0 Å². The van der Waals surface area contributed by atoms with Gasteiger partial charge >= 0.3 is 0 Å². The van der Waals surface area contributed by atoms with E-state index in [1.165, 1.54) is 22.8 Å². The molecule has 1 N–H and O–H groups in total. The molecule has 3 nitrogen and oxygen atoms in total. The van der Waals surface area contributed by atoms with Crippen molar-refractivity contribution >= 4 is 22.4 Å². The van der Waals surface area contributed by atoms with Gasteiger partial charge in [-0.05, 0) is 53.8 Å². The molecule has 0 heterocycles. The van der Waals surface area contributed by atoms with Crippen molar-refractivity contribution in [2.45, 2.75) is 70.9 Å². The van der Waals surface area contributed by atoms with Crippen molar-refractivity contribution in [3.05, 3.63) is 90.5 Å². The second kappa shape index (κ2) is 13.0. The van der Waals surface area contributed by atoms with Crippen LogP contribution < -0.4 is 10.2 Å². The van der Waals surface area contributed by atoms with Crippen molar-refractivity contribution in [1.82, 2.24) is 5.32 Å². The monoisotopic (exact) mass is 456 g/mol. The molecule has 0 bridgehead atoms. The average molecular weight is 457 g/mol. The number of hydrogen-bond donors (Lipinski definition) is 1. The van der Waals surface area contributed by atoms with Gasteiger partial charge in [-0.2, -0.15) is 0 Å². The zero-order chi connectivity index (χ0) is 24.3. The fourth-order valence-electron chi connectivity index (χ4n) is 4.77. The molecule has 3 aromatic rings. The minimum Gasteiger partial charge on any atom is -0.371 e. The van der Waals surface area contributed by atoms with Crippen molar-refractivity contribution < 1.29 is 4.79 Å². The predicted octanol–water partition coefficient (Wildman–Crippen LogP) is 8.07. The maximum atomic E-state index is 13.4. The standard InChI is InChI=1S/C31H40N2O/c1-5-8-9-22-30(29-21-13-17-24-16-10-11-20-28(24)29)32-31(34)25-18-12-19-27(23-25)33(4)26(14-6-2)15-7-3/h6,10-13,16-21,23,26,30H,2,5,7-9,14-15,22H2,1,3-4H3,(H,32,34)/t26?,30-/m1/s1. The number of anilines is 1. The first-order valence-electron chi connectivity index (χ1n) is 12.8. The number of carbonyl (C=O) groups is 1. The number of amides is 1. The predicted molar refractivity (Wildman–Crippen MR) is 147 cm³/mol. The van der Waals surface area contributed by atoms with E-state index < -0.39 is 0 Å². The summed E-state index contributed by atoms with van der Waals surface area (Å²) in [5, 5.41) is 5.80. The first-order chi connectivity index (χ1) is 16.6. The molecule has 0 fully saturated rings. The van der Waals surface area contributed by atoms with E-state index in [1.807, 2.05) is 24.3 Å². The Labute approximate surface area is 205 Å². The summed E-state index contributed by atoms with van der Waals surface area (Å²) in [5.74, 6) is -0.0135. The van der Waals surface area contributed by atoms with Crippen LogP contribution >= 0.6 is 0 Å². The van der Waals surface area contributed by atoms with Crippen LogP contribution in [0, 0.1) is 0 Å².